The maximum atomic E-state index is 12.0. The highest BCUT2D eigenvalue weighted by atomic mass is 32.1. The van der Waals surface area contributed by atoms with Gasteiger partial charge in [-0.1, -0.05) is 0 Å². The molecule has 1 unspecified atom stereocenters. The smallest absolute Gasteiger partial charge is 0.226 e. The van der Waals surface area contributed by atoms with E-state index in [-0.39, 0.29) is 11.9 Å². The highest BCUT2D eigenvalue weighted by molar-refractivity contribution is 7.16. The predicted molar refractivity (Wildman–Crippen MR) is 79.8 cm³/mol. The molecule has 0 aliphatic carbocycles. The van der Waals surface area contributed by atoms with Crippen molar-refractivity contribution in [1.82, 2.24) is 14.8 Å². The number of carbonyl (C=O) groups excluding carboxylic acids is 1. The number of benzene rings is 1. The first-order valence-corrected chi connectivity index (χ1v) is 7.22. The zero-order valence-corrected chi connectivity index (χ0v) is 11.8. The van der Waals surface area contributed by atoms with Gasteiger partial charge in [0.05, 0.1) is 21.8 Å². The van der Waals surface area contributed by atoms with Crippen molar-refractivity contribution < 1.29 is 4.79 Å². The molecule has 1 aromatic carbocycles. The summed E-state index contributed by atoms with van der Waals surface area (Å²) in [5.41, 5.74) is 3.49. The van der Waals surface area contributed by atoms with Crippen molar-refractivity contribution in [3.8, 4) is 0 Å². The molecule has 1 N–H and O–H groups in total. The van der Waals surface area contributed by atoms with Crippen LogP contribution in [0.4, 0.5) is 5.69 Å². The first kappa shape index (κ1) is 12.8. The molecular weight excluding hydrogens is 272 g/mol. The summed E-state index contributed by atoms with van der Waals surface area (Å²) in [5.74, 6) is -0.0254. The van der Waals surface area contributed by atoms with Gasteiger partial charge >= 0.3 is 0 Å². The molecule has 6 heteroatoms. The minimum Gasteiger partial charge on any atom is -0.326 e. The van der Waals surface area contributed by atoms with Crippen molar-refractivity contribution in [2.45, 2.75) is 19.4 Å². The summed E-state index contributed by atoms with van der Waals surface area (Å²) in [4.78, 5) is 16.3. The number of hydrogen-bond acceptors (Lipinski definition) is 4. The fraction of sp³-hybridized carbons (Fsp3) is 0.214. The summed E-state index contributed by atoms with van der Waals surface area (Å²) >= 11 is 1.59. The SMILES string of the molecule is CC(CC(=O)Nc1ccc2scnc2c1)n1cccn1. The number of thiazole rings is 1. The van der Waals surface area contributed by atoms with Crippen LogP contribution in [0.25, 0.3) is 10.2 Å². The second kappa shape index (κ2) is 5.42. The van der Waals surface area contributed by atoms with E-state index in [9.17, 15) is 4.79 Å². The molecule has 5 nitrogen and oxygen atoms in total. The average Bonchev–Trinajstić information content (AvgIpc) is 3.09. The van der Waals surface area contributed by atoms with Crippen LogP contribution in [-0.2, 0) is 4.79 Å². The van der Waals surface area contributed by atoms with Crippen molar-refractivity contribution >= 4 is 33.1 Å². The van der Waals surface area contributed by atoms with Crippen LogP contribution in [0, 0.1) is 0 Å². The van der Waals surface area contributed by atoms with Crippen molar-refractivity contribution in [3.63, 3.8) is 0 Å². The normalized spacial score (nSPS) is 12.4. The molecule has 0 radical (unpaired) electrons. The first-order valence-electron chi connectivity index (χ1n) is 6.34. The predicted octanol–water partition coefficient (Wildman–Crippen LogP) is 3.08. The highest BCUT2D eigenvalue weighted by Crippen LogP contribution is 2.22. The highest BCUT2D eigenvalue weighted by Gasteiger charge is 2.11. The molecule has 3 aromatic rings. The van der Waals surface area contributed by atoms with Crippen LogP contribution in [0.1, 0.15) is 19.4 Å². The van der Waals surface area contributed by atoms with Crippen LogP contribution >= 0.6 is 11.3 Å². The quantitative estimate of drug-likeness (QED) is 0.801. The van der Waals surface area contributed by atoms with Gasteiger partial charge in [0.1, 0.15) is 0 Å². The molecule has 20 heavy (non-hydrogen) atoms. The number of nitrogens with zero attached hydrogens (tertiary/aromatic N) is 3. The summed E-state index contributed by atoms with van der Waals surface area (Å²) in [7, 11) is 0. The third-order valence-electron chi connectivity index (χ3n) is 3.07. The Kier molecular flexibility index (Phi) is 3.47. The van der Waals surface area contributed by atoms with Crippen LogP contribution in [0.15, 0.2) is 42.2 Å². The van der Waals surface area contributed by atoms with Crippen molar-refractivity contribution in [3.05, 3.63) is 42.2 Å². The molecule has 1 atom stereocenters. The number of carbonyl (C=O) groups is 1. The third-order valence-corrected chi connectivity index (χ3v) is 3.88. The van der Waals surface area contributed by atoms with Crippen LogP contribution in [-0.4, -0.2) is 20.7 Å². The Labute approximate surface area is 120 Å². The monoisotopic (exact) mass is 286 g/mol. The lowest BCUT2D eigenvalue weighted by Crippen LogP contribution is -2.17. The summed E-state index contributed by atoms with van der Waals surface area (Å²) in [6.07, 6.45) is 3.96. The first-order chi connectivity index (χ1) is 9.72. The van der Waals surface area contributed by atoms with Gasteiger partial charge in [0.25, 0.3) is 0 Å². The van der Waals surface area contributed by atoms with Gasteiger partial charge < -0.3 is 5.32 Å². The largest absolute Gasteiger partial charge is 0.326 e. The lowest BCUT2D eigenvalue weighted by Gasteiger charge is -2.12. The molecule has 0 spiro atoms. The second-order valence-electron chi connectivity index (χ2n) is 4.62. The maximum Gasteiger partial charge on any atom is 0.226 e. The van der Waals surface area contributed by atoms with Gasteiger partial charge in [-0.25, -0.2) is 4.98 Å². The number of rotatable bonds is 4. The van der Waals surface area contributed by atoms with E-state index in [2.05, 4.69) is 15.4 Å². The van der Waals surface area contributed by atoms with Crippen LogP contribution in [0.2, 0.25) is 0 Å². The zero-order chi connectivity index (χ0) is 13.9. The van der Waals surface area contributed by atoms with E-state index in [0.29, 0.717) is 6.42 Å². The van der Waals surface area contributed by atoms with E-state index in [1.54, 1.807) is 27.7 Å². The molecular formula is C14H14N4OS. The van der Waals surface area contributed by atoms with Crippen LogP contribution in [0.3, 0.4) is 0 Å². The van der Waals surface area contributed by atoms with Crippen molar-refractivity contribution in [2.75, 3.05) is 5.32 Å². The van der Waals surface area contributed by atoms with Crippen LogP contribution in [0.5, 0.6) is 0 Å². The molecule has 2 heterocycles. The Hall–Kier alpha value is -2.21. The molecule has 1 amide bonds. The molecule has 102 valence electrons. The average molecular weight is 286 g/mol. The summed E-state index contributed by atoms with van der Waals surface area (Å²) < 4.78 is 2.90. The Morgan fingerprint density at radius 2 is 2.40 bits per heavy atom. The van der Waals surface area contributed by atoms with Gasteiger partial charge in [0.2, 0.25) is 5.91 Å². The molecule has 0 saturated heterocycles. The lowest BCUT2D eigenvalue weighted by molar-refractivity contribution is -0.116. The molecule has 0 saturated carbocycles. The van der Waals surface area contributed by atoms with Gasteiger partial charge in [-0.2, -0.15) is 5.10 Å². The number of hydrogen-bond donors (Lipinski definition) is 1. The molecule has 0 aliphatic heterocycles. The van der Waals surface area contributed by atoms with Gasteiger partial charge in [0, 0.05) is 24.5 Å². The number of fused-ring (bicyclic) bond motifs is 1. The van der Waals surface area contributed by atoms with Gasteiger partial charge in [-0.05, 0) is 31.2 Å². The summed E-state index contributed by atoms with van der Waals surface area (Å²) in [5, 5.41) is 7.04. The third kappa shape index (κ3) is 2.70. The van der Waals surface area contributed by atoms with Gasteiger partial charge in [-0.3, -0.25) is 9.48 Å². The van der Waals surface area contributed by atoms with E-state index < -0.39 is 0 Å². The Morgan fingerprint density at radius 1 is 1.50 bits per heavy atom. The van der Waals surface area contributed by atoms with E-state index in [1.165, 1.54) is 0 Å². The summed E-state index contributed by atoms with van der Waals surface area (Å²) in [6, 6.07) is 7.65. The van der Waals surface area contributed by atoms with E-state index in [4.69, 9.17) is 0 Å². The number of nitrogens with one attached hydrogen (secondary N) is 1. The van der Waals surface area contributed by atoms with E-state index >= 15 is 0 Å². The molecule has 2 aromatic heterocycles. The van der Waals surface area contributed by atoms with Crippen molar-refractivity contribution in [1.29, 1.82) is 0 Å². The number of anilines is 1. The topological polar surface area (TPSA) is 59.8 Å². The maximum absolute atomic E-state index is 12.0. The molecule has 0 bridgehead atoms. The number of amides is 1. The van der Waals surface area contributed by atoms with Crippen molar-refractivity contribution in [2.24, 2.45) is 0 Å². The van der Waals surface area contributed by atoms with Gasteiger partial charge in [0.15, 0.2) is 0 Å². The number of aromatic nitrogens is 3. The fourth-order valence-electron chi connectivity index (χ4n) is 2.05. The Balaban J connectivity index is 1.66. The minimum atomic E-state index is -0.0254. The van der Waals surface area contributed by atoms with Gasteiger partial charge in [-0.15, -0.1) is 11.3 Å². The fourth-order valence-corrected chi connectivity index (χ4v) is 2.71. The molecule has 0 aliphatic rings. The molecule has 0 fully saturated rings. The lowest BCUT2D eigenvalue weighted by atomic mass is 10.2. The summed E-state index contributed by atoms with van der Waals surface area (Å²) in [6.45, 7) is 1.97. The van der Waals surface area contributed by atoms with Crippen LogP contribution < -0.4 is 5.32 Å². The Bertz CT molecular complexity index is 720. The van der Waals surface area contributed by atoms with E-state index in [0.717, 1.165) is 15.9 Å². The Morgan fingerprint density at radius 3 is 3.20 bits per heavy atom. The zero-order valence-electron chi connectivity index (χ0n) is 11.0. The molecule has 3 rings (SSSR count). The minimum absolute atomic E-state index is 0.0254. The van der Waals surface area contributed by atoms with E-state index in [1.807, 2.05) is 37.4 Å². The second-order valence-corrected chi connectivity index (χ2v) is 5.51. The standard InChI is InChI=1S/C14H14N4OS/c1-10(18-6-2-5-16-18)7-14(19)17-11-3-4-13-12(8-11)15-9-20-13/h2-6,8-10H,7H2,1H3,(H,17,19).